The van der Waals surface area contributed by atoms with Crippen LogP contribution in [0.4, 0.5) is 0 Å². The maximum atomic E-state index is 12.2. The van der Waals surface area contributed by atoms with E-state index in [1.165, 1.54) is 25.3 Å². The van der Waals surface area contributed by atoms with Crippen molar-refractivity contribution in [3.63, 3.8) is 0 Å². The molecule has 25 heavy (non-hydrogen) atoms. The Morgan fingerprint density at radius 1 is 1.12 bits per heavy atom. The molecular formula is C20H20O5. The van der Waals surface area contributed by atoms with Crippen LogP contribution in [0.2, 0.25) is 0 Å². The highest BCUT2D eigenvalue weighted by Gasteiger charge is 2.11. The first-order valence-corrected chi connectivity index (χ1v) is 7.73. The van der Waals surface area contributed by atoms with Crippen molar-refractivity contribution in [3.8, 4) is 11.5 Å². The summed E-state index contributed by atoms with van der Waals surface area (Å²) in [5.41, 5.74) is 3.03. The molecule has 0 bridgehead atoms. The molecule has 2 rings (SSSR count). The molecule has 0 saturated carbocycles. The zero-order chi connectivity index (χ0) is 18.4. The maximum absolute atomic E-state index is 12.2. The molecule has 5 nitrogen and oxygen atoms in total. The Morgan fingerprint density at radius 3 is 2.60 bits per heavy atom. The molecule has 0 heterocycles. The molecule has 130 valence electrons. The summed E-state index contributed by atoms with van der Waals surface area (Å²) in [4.78, 5) is 24.0. The lowest BCUT2D eigenvalue weighted by Gasteiger charge is -2.06. The topological polar surface area (TPSA) is 72.8 Å². The predicted molar refractivity (Wildman–Crippen MR) is 94.9 cm³/mol. The third-order valence-electron chi connectivity index (χ3n) is 3.65. The fourth-order valence-electron chi connectivity index (χ4n) is 2.26. The third kappa shape index (κ3) is 4.94. The van der Waals surface area contributed by atoms with Crippen LogP contribution in [0.1, 0.15) is 27.0 Å². The lowest BCUT2D eigenvalue weighted by atomic mass is 10.0. The van der Waals surface area contributed by atoms with Crippen LogP contribution in [0.25, 0.3) is 6.08 Å². The van der Waals surface area contributed by atoms with E-state index in [1.54, 1.807) is 18.2 Å². The van der Waals surface area contributed by atoms with Gasteiger partial charge in [0.15, 0.2) is 18.1 Å². The Labute approximate surface area is 146 Å². The van der Waals surface area contributed by atoms with Crippen LogP contribution in [-0.4, -0.2) is 30.6 Å². The highest BCUT2D eigenvalue weighted by molar-refractivity contribution is 6.00. The smallest absolute Gasteiger partial charge is 0.331 e. The van der Waals surface area contributed by atoms with Crippen molar-refractivity contribution >= 4 is 17.8 Å². The minimum absolute atomic E-state index is 0.0151. The first-order chi connectivity index (χ1) is 11.9. The number of ether oxygens (including phenoxy) is 2. The van der Waals surface area contributed by atoms with Crippen molar-refractivity contribution < 1.29 is 24.2 Å². The van der Waals surface area contributed by atoms with Gasteiger partial charge in [-0.2, -0.15) is 0 Å². The Bertz CT molecular complexity index is 821. The van der Waals surface area contributed by atoms with E-state index in [0.29, 0.717) is 16.9 Å². The molecule has 0 amide bonds. The summed E-state index contributed by atoms with van der Waals surface area (Å²) >= 11 is 0. The molecule has 0 aromatic heterocycles. The number of phenolic OH excluding ortho intramolecular Hbond substituents is 1. The number of hydrogen-bond acceptors (Lipinski definition) is 5. The summed E-state index contributed by atoms with van der Waals surface area (Å²) < 4.78 is 10.00. The highest BCUT2D eigenvalue weighted by Crippen LogP contribution is 2.26. The normalized spacial score (nSPS) is 10.7. The number of benzene rings is 2. The van der Waals surface area contributed by atoms with Gasteiger partial charge >= 0.3 is 5.97 Å². The van der Waals surface area contributed by atoms with Gasteiger partial charge in [0.05, 0.1) is 7.11 Å². The van der Waals surface area contributed by atoms with Crippen LogP contribution in [0.3, 0.4) is 0 Å². The van der Waals surface area contributed by atoms with Crippen molar-refractivity contribution in [2.75, 3.05) is 13.7 Å². The number of carbonyl (C=O) groups is 2. The second kappa shape index (κ2) is 8.15. The second-order valence-corrected chi connectivity index (χ2v) is 5.61. The van der Waals surface area contributed by atoms with E-state index in [4.69, 9.17) is 9.47 Å². The van der Waals surface area contributed by atoms with E-state index in [2.05, 4.69) is 0 Å². The van der Waals surface area contributed by atoms with Gasteiger partial charge < -0.3 is 14.6 Å². The number of aryl methyl sites for hydroxylation is 2. The summed E-state index contributed by atoms with van der Waals surface area (Å²) in [5.74, 6) is -0.540. The molecule has 0 fully saturated rings. The second-order valence-electron chi connectivity index (χ2n) is 5.61. The fraction of sp³-hybridized carbons (Fsp3) is 0.200. The van der Waals surface area contributed by atoms with Gasteiger partial charge in [0.1, 0.15) is 0 Å². The third-order valence-corrected chi connectivity index (χ3v) is 3.65. The molecule has 0 aliphatic rings. The molecule has 0 saturated heterocycles. The van der Waals surface area contributed by atoms with Crippen molar-refractivity contribution in [2.24, 2.45) is 0 Å². The molecule has 2 aromatic rings. The monoisotopic (exact) mass is 340 g/mol. The Kier molecular flexibility index (Phi) is 5.95. The van der Waals surface area contributed by atoms with Gasteiger partial charge in [0.25, 0.3) is 0 Å². The quantitative estimate of drug-likeness (QED) is 0.495. The summed E-state index contributed by atoms with van der Waals surface area (Å²) in [5, 5.41) is 9.53. The highest BCUT2D eigenvalue weighted by atomic mass is 16.5. The van der Waals surface area contributed by atoms with E-state index in [0.717, 1.165) is 11.1 Å². The van der Waals surface area contributed by atoms with Gasteiger partial charge in [-0.15, -0.1) is 0 Å². The molecule has 2 aromatic carbocycles. The summed E-state index contributed by atoms with van der Waals surface area (Å²) in [7, 11) is 1.44. The lowest BCUT2D eigenvalue weighted by molar-refractivity contribution is -0.136. The number of hydrogen-bond donors (Lipinski definition) is 1. The average Bonchev–Trinajstić information content (AvgIpc) is 2.60. The fourth-order valence-corrected chi connectivity index (χ4v) is 2.26. The molecule has 0 aliphatic heterocycles. The minimum atomic E-state index is -0.620. The van der Waals surface area contributed by atoms with Gasteiger partial charge in [-0.25, -0.2) is 4.79 Å². The molecule has 0 atom stereocenters. The summed E-state index contributed by atoms with van der Waals surface area (Å²) in [6.45, 7) is 3.43. The molecule has 0 spiro atoms. The number of carbonyl (C=O) groups excluding carboxylic acids is 2. The van der Waals surface area contributed by atoms with Crippen molar-refractivity contribution in [1.82, 2.24) is 0 Å². The maximum Gasteiger partial charge on any atom is 0.331 e. The zero-order valence-electron chi connectivity index (χ0n) is 14.4. The number of rotatable bonds is 6. The number of aromatic hydroxyl groups is 1. The van der Waals surface area contributed by atoms with Crippen molar-refractivity contribution in [2.45, 2.75) is 13.8 Å². The predicted octanol–water partition coefficient (Wildman–Crippen LogP) is 3.46. The summed E-state index contributed by atoms with van der Waals surface area (Å²) in [6.07, 6.45) is 2.74. The first-order valence-electron chi connectivity index (χ1n) is 7.73. The molecule has 5 heteroatoms. The number of Topliss-reactive ketones (excluding diaryl/α,β-unsaturated/α-hetero) is 1. The van der Waals surface area contributed by atoms with Crippen LogP contribution >= 0.6 is 0 Å². The van der Waals surface area contributed by atoms with Crippen LogP contribution in [0.5, 0.6) is 11.5 Å². The zero-order valence-corrected chi connectivity index (χ0v) is 14.4. The van der Waals surface area contributed by atoms with E-state index in [9.17, 15) is 14.7 Å². The largest absolute Gasteiger partial charge is 0.504 e. The molecule has 0 aliphatic carbocycles. The van der Waals surface area contributed by atoms with E-state index in [1.807, 2.05) is 26.0 Å². The number of ketones is 1. The Hall–Kier alpha value is -3.08. The molecular weight excluding hydrogens is 320 g/mol. The van der Waals surface area contributed by atoms with E-state index in [-0.39, 0.29) is 18.1 Å². The van der Waals surface area contributed by atoms with Gasteiger partial charge in [-0.05, 0) is 49.2 Å². The summed E-state index contributed by atoms with van der Waals surface area (Å²) in [6, 6.07) is 10.2. The average molecular weight is 340 g/mol. The van der Waals surface area contributed by atoms with Gasteiger partial charge in [0, 0.05) is 11.6 Å². The van der Waals surface area contributed by atoms with Gasteiger partial charge in [-0.3, -0.25) is 4.79 Å². The van der Waals surface area contributed by atoms with Crippen LogP contribution < -0.4 is 4.74 Å². The van der Waals surface area contributed by atoms with Gasteiger partial charge in [-0.1, -0.05) is 23.8 Å². The Balaban J connectivity index is 1.96. The number of phenols is 1. The van der Waals surface area contributed by atoms with Crippen molar-refractivity contribution in [3.05, 3.63) is 64.7 Å². The standard InChI is InChI=1S/C20H20O5/c1-13-4-5-14(2)16(10-13)18(22)12-25-20(23)9-7-15-6-8-17(21)19(11-15)24-3/h4-11,21H,12H2,1-3H3/b9-7+. The minimum Gasteiger partial charge on any atom is -0.504 e. The van der Waals surface area contributed by atoms with Crippen LogP contribution in [0.15, 0.2) is 42.5 Å². The van der Waals surface area contributed by atoms with Crippen LogP contribution in [-0.2, 0) is 9.53 Å². The van der Waals surface area contributed by atoms with Crippen LogP contribution in [0, 0.1) is 13.8 Å². The lowest BCUT2D eigenvalue weighted by Crippen LogP contribution is -2.13. The molecule has 0 radical (unpaired) electrons. The molecule has 0 unspecified atom stereocenters. The SMILES string of the molecule is COc1cc(/C=C/C(=O)OCC(=O)c2cc(C)ccc2C)ccc1O. The van der Waals surface area contributed by atoms with E-state index >= 15 is 0 Å². The molecule has 1 N–H and O–H groups in total. The van der Waals surface area contributed by atoms with Gasteiger partial charge in [0.2, 0.25) is 5.78 Å². The first kappa shape index (κ1) is 18.3. The van der Waals surface area contributed by atoms with Crippen molar-refractivity contribution in [1.29, 1.82) is 0 Å². The number of esters is 1. The Morgan fingerprint density at radius 2 is 1.88 bits per heavy atom. The number of methoxy groups -OCH3 is 1. The van der Waals surface area contributed by atoms with E-state index < -0.39 is 5.97 Å².